The van der Waals surface area contributed by atoms with Crippen LogP contribution in [0.25, 0.3) is 0 Å². The number of thioether (sulfide) groups is 1. The summed E-state index contributed by atoms with van der Waals surface area (Å²) in [5, 5.41) is 10.7. The highest BCUT2D eigenvalue weighted by Gasteiger charge is 2.52. The van der Waals surface area contributed by atoms with Crippen LogP contribution in [0, 0.1) is 0 Å². The normalized spacial score (nSPS) is 23.2. The number of nitrogens with zero attached hydrogens (tertiary/aromatic N) is 1. The molecule has 28 heavy (non-hydrogen) atoms. The van der Waals surface area contributed by atoms with E-state index >= 15 is 0 Å². The Balaban J connectivity index is 1.65. The van der Waals surface area contributed by atoms with Crippen LogP contribution >= 0.6 is 11.8 Å². The third kappa shape index (κ3) is 4.19. The Hall–Kier alpha value is -2.81. The van der Waals surface area contributed by atoms with E-state index in [0.29, 0.717) is 5.57 Å². The molecular formula is C19H20N2O6S. The molecule has 2 N–H and O–H groups in total. The number of carbonyl (C=O) groups is 4. The van der Waals surface area contributed by atoms with Crippen molar-refractivity contribution in [1.82, 2.24) is 10.2 Å². The Morgan fingerprint density at radius 3 is 2.61 bits per heavy atom. The largest absolute Gasteiger partial charge is 0.480 e. The van der Waals surface area contributed by atoms with Gasteiger partial charge in [0.05, 0.1) is 6.42 Å². The first-order chi connectivity index (χ1) is 13.4. The van der Waals surface area contributed by atoms with Gasteiger partial charge in [-0.3, -0.25) is 19.2 Å². The van der Waals surface area contributed by atoms with Crippen LogP contribution in [-0.2, 0) is 30.3 Å². The molecule has 3 atom stereocenters. The number of hydrogen-bond donors (Lipinski definition) is 2. The summed E-state index contributed by atoms with van der Waals surface area (Å²) in [7, 11) is 0. The molecule has 1 fully saturated rings. The van der Waals surface area contributed by atoms with E-state index in [-0.39, 0.29) is 31.3 Å². The fourth-order valence-corrected chi connectivity index (χ4v) is 4.31. The lowest BCUT2D eigenvalue weighted by Gasteiger charge is -2.48. The number of rotatable bonds is 7. The second-order valence-corrected chi connectivity index (χ2v) is 7.64. The van der Waals surface area contributed by atoms with Gasteiger partial charge >= 0.3 is 11.9 Å². The number of benzene rings is 1. The second-order valence-electron chi connectivity index (χ2n) is 6.42. The number of ether oxygens (including phenoxy) is 1. The average molecular weight is 404 g/mol. The van der Waals surface area contributed by atoms with Crippen molar-refractivity contribution in [1.29, 1.82) is 0 Å². The zero-order chi connectivity index (χ0) is 20.3. The van der Waals surface area contributed by atoms with Crippen LogP contribution in [0.3, 0.4) is 0 Å². The van der Waals surface area contributed by atoms with Gasteiger partial charge in [0.1, 0.15) is 23.3 Å². The molecule has 9 heteroatoms. The van der Waals surface area contributed by atoms with Gasteiger partial charge in [0.15, 0.2) is 0 Å². The number of carboxylic acid groups (broad SMARTS) is 1. The quantitative estimate of drug-likeness (QED) is 0.513. The van der Waals surface area contributed by atoms with E-state index < -0.39 is 28.6 Å². The number of fused-ring (bicyclic) bond motifs is 1. The number of esters is 1. The lowest BCUT2D eigenvalue weighted by atomic mass is 10.0. The predicted octanol–water partition coefficient (Wildman–Crippen LogP) is 0.919. The summed E-state index contributed by atoms with van der Waals surface area (Å²) < 4.78 is 5.02. The standard InChI is InChI=1S/C19H20N2O6S/c1-2-14(23)27-10-12-9-21-17(24)15(18(21)28-16(12)19(25)26)20-13(22)8-11-6-4-3-5-7-11/h3-7,9,15-16,18H,2,8,10H2,1H3,(H,20,22)(H,25,26)/t15?,16?,18-/m1/s1. The van der Waals surface area contributed by atoms with Crippen molar-refractivity contribution in [2.75, 3.05) is 6.61 Å². The molecule has 3 rings (SSSR count). The van der Waals surface area contributed by atoms with Gasteiger partial charge in [0, 0.05) is 18.2 Å². The maximum absolute atomic E-state index is 12.4. The van der Waals surface area contributed by atoms with Gasteiger partial charge in [0.25, 0.3) is 5.91 Å². The zero-order valence-electron chi connectivity index (χ0n) is 15.2. The number of amides is 2. The molecule has 0 aliphatic carbocycles. The fourth-order valence-electron chi connectivity index (χ4n) is 2.98. The topological polar surface area (TPSA) is 113 Å². The first-order valence-electron chi connectivity index (χ1n) is 8.80. The SMILES string of the molecule is CCC(=O)OCC1=CN2C(=O)C(NC(=O)Cc3ccccc3)[C@H]2SC1C(=O)O. The van der Waals surface area contributed by atoms with E-state index in [4.69, 9.17) is 4.74 Å². The van der Waals surface area contributed by atoms with Gasteiger partial charge in [-0.25, -0.2) is 0 Å². The van der Waals surface area contributed by atoms with E-state index in [1.165, 1.54) is 11.1 Å². The minimum absolute atomic E-state index is 0.137. The minimum Gasteiger partial charge on any atom is -0.480 e. The van der Waals surface area contributed by atoms with E-state index in [9.17, 15) is 24.3 Å². The van der Waals surface area contributed by atoms with Crippen molar-refractivity contribution in [3.63, 3.8) is 0 Å². The summed E-state index contributed by atoms with van der Waals surface area (Å²) in [6.07, 6.45) is 1.74. The molecule has 148 valence electrons. The number of nitrogens with one attached hydrogen (secondary N) is 1. The van der Waals surface area contributed by atoms with Crippen LogP contribution in [0.5, 0.6) is 0 Å². The molecule has 2 heterocycles. The Bertz CT molecular complexity index is 825. The van der Waals surface area contributed by atoms with Crippen LogP contribution in [0.2, 0.25) is 0 Å². The molecule has 2 amide bonds. The Kier molecular flexibility index (Phi) is 6.03. The van der Waals surface area contributed by atoms with E-state index in [0.717, 1.165) is 17.3 Å². The number of hydrogen-bond acceptors (Lipinski definition) is 6. The molecule has 2 unspecified atom stereocenters. The van der Waals surface area contributed by atoms with E-state index in [2.05, 4.69) is 5.32 Å². The number of aliphatic carboxylic acids is 1. The molecule has 0 bridgehead atoms. The summed E-state index contributed by atoms with van der Waals surface area (Å²) in [5.41, 5.74) is 1.15. The highest BCUT2D eigenvalue weighted by molar-refractivity contribution is 8.01. The van der Waals surface area contributed by atoms with Crippen LogP contribution in [-0.4, -0.2) is 57.0 Å². The molecule has 0 radical (unpaired) electrons. The maximum atomic E-state index is 12.4. The molecule has 0 spiro atoms. The van der Waals surface area contributed by atoms with Crippen molar-refractivity contribution in [3.8, 4) is 0 Å². The number of carbonyl (C=O) groups excluding carboxylic acids is 3. The third-order valence-electron chi connectivity index (χ3n) is 4.43. The smallest absolute Gasteiger partial charge is 0.321 e. The molecule has 2 aliphatic heterocycles. The summed E-state index contributed by atoms with van der Waals surface area (Å²) in [5.74, 6) is -2.15. The lowest BCUT2D eigenvalue weighted by molar-refractivity contribution is -0.146. The molecule has 2 aliphatic rings. The molecule has 8 nitrogen and oxygen atoms in total. The number of β-lactam (4-membered cyclic amide) rings is 1. The second kappa shape index (κ2) is 8.47. The lowest BCUT2D eigenvalue weighted by Crippen LogP contribution is -2.69. The van der Waals surface area contributed by atoms with E-state index in [1.807, 2.05) is 30.3 Å². The minimum atomic E-state index is -1.09. The Morgan fingerprint density at radius 1 is 1.25 bits per heavy atom. The number of carboxylic acids is 1. The molecule has 1 aromatic rings. The van der Waals surface area contributed by atoms with Crippen molar-refractivity contribution in [3.05, 3.63) is 47.7 Å². The average Bonchev–Trinajstić information content (AvgIpc) is 2.70. The summed E-state index contributed by atoms with van der Waals surface area (Å²) in [6.45, 7) is 1.46. The highest BCUT2D eigenvalue weighted by Crippen LogP contribution is 2.40. The molecule has 0 saturated carbocycles. The van der Waals surface area contributed by atoms with Crippen LogP contribution in [0.15, 0.2) is 42.1 Å². The maximum Gasteiger partial charge on any atom is 0.321 e. The monoisotopic (exact) mass is 404 g/mol. The van der Waals surface area contributed by atoms with Gasteiger partial charge in [-0.1, -0.05) is 37.3 Å². The Labute approximate surface area is 165 Å². The van der Waals surface area contributed by atoms with Crippen LogP contribution in [0.1, 0.15) is 18.9 Å². The van der Waals surface area contributed by atoms with E-state index in [1.54, 1.807) is 6.92 Å². The van der Waals surface area contributed by atoms with Crippen molar-refractivity contribution in [2.45, 2.75) is 36.4 Å². The van der Waals surface area contributed by atoms with Gasteiger partial charge in [0.2, 0.25) is 5.91 Å². The van der Waals surface area contributed by atoms with Crippen LogP contribution in [0.4, 0.5) is 0 Å². The summed E-state index contributed by atoms with van der Waals surface area (Å²) in [6, 6.07) is 8.35. The van der Waals surface area contributed by atoms with Crippen LogP contribution < -0.4 is 5.32 Å². The summed E-state index contributed by atoms with van der Waals surface area (Å²) in [4.78, 5) is 49.0. The van der Waals surface area contributed by atoms with Gasteiger partial charge in [-0.2, -0.15) is 0 Å². The third-order valence-corrected chi connectivity index (χ3v) is 5.99. The van der Waals surface area contributed by atoms with Gasteiger partial charge in [-0.15, -0.1) is 11.8 Å². The van der Waals surface area contributed by atoms with Crippen molar-refractivity contribution < 1.29 is 29.0 Å². The highest BCUT2D eigenvalue weighted by atomic mass is 32.2. The van der Waals surface area contributed by atoms with Crippen molar-refractivity contribution in [2.24, 2.45) is 0 Å². The zero-order valence-corrected chi connectivity index (χ0v) is 16.0. The molecular weight excluding hydrogens is 384 g/mol. The van der Waals surface area contributed by atoms with Crippen molar-refractivity contribution >= 4 is 35.5 Å². The van der Waals surface area contributed by atoms with Gasteiger partial charge in [-0.05, 0) is 5.56 Å². The first-order valence-corrected chi connectivity index (χ1v) is 9.75. The molecule has 1 saturated heterocycles. The summed E-state index contributed by atoms with van der Waals surface area (Å²) >= 11 is 1.05. The fraction of sp³-hybridized carbons (Fsp3) is 0.368. The first kappa shape index (κ1) is 19.9. The molecule has 0 aromatic heterocycles. The predicted molar refractivity (Wildman–Crippen MR) is 101 cm³/mol. The molecule has 1 aromatic carbocycles. The Morgan fingerprint density at radius 2 is 1.96 bits per heavy atom. The van der Waals surface area contributed by atoms with Gasteiger partial charge < -0.3 is 20.1 Å².